The van der Waals surface area contributed by atoms with Gasteiger partial charge in [0.25, 0.3) is 0 Å². The molecule has 0 aliphatic carbocycles. The van der Waals surface area contributed by atoms with Crippen molar-refractivity contribution in [2.24, 2.45) is 0 Å². The van der Waals surface area contributed by atoms with E-state index in [-0.39, 0.29) is 23.9 Å². The third kappa shape index (κ3) is 2.71. The molecule has 1 amide bonds. The smallest absolute Gasteiger partial charge is 0.243 e. The van der Waals surface area contributed by atoms with Crippen molar-refractivity contribution < 1.29 is 9.32 Å². The Morgan fingerprint density at radius 2 is 2.08 bits per heavy atom. The summed E-state index contributed by atoms with van der Waals surface area (Å²) in [4.78, 5) is 27.0. The maximum absolute atomic E-state index is 13.0. The molecule has 1 saturated heterocycles. The number of amides is 1. The minimum Gasteiger partial charge on any atom is -0.361 e. The maximum atomic E-state index is 13.0. The minimum atomic E-state index is -0.0286. The van der Waals surface area contributed by atoms with Crippen LogP contribution in [-0.4, -0.2) is 27.1 Å². The van der Waals surface area contributed by atoms with Gasteiger partial charge in [0.15, 0.2) is 5.43 Å². The predicted octanol–water partition coefficient (Wildman–Crippen LogP) is 2.97. The quantitative estimate of drug-likeness (QED) is 0.727. The summed E-state index contributed by atoms with van der Waals surface area (Å²) in [5.41, 5.74) is 2.63. The van der Waals surface area contributed by atoms with Crippen molar-refractivity contribution in [1.82, 2.24) is 14.6 Å². The molecule has 1 aliphatic heterocycles. The van der Waals surface area contributed by atoms with Crippen LogP contribution in [0.25, 0.3) is 10.9 Å². The van der Waals surface area contributed by atoms with E-state index in [4.69, 9.17) is 4.52 Å². The Morgan fingerprint density at radius 3 is 2.85 bits per heavy atom. The Bertz CT molecular complexity index is 1010. The number of aryl methyl sites for hydroxylation is 2. The number of fused-ring (bicyclic) bond motifs is 1. The standard InChI is InChI=1S/C20H21N3O3/c1-13-20(14(2)26-21-13)17-8-5-10-23(17)19(25)12-22-11-9-18(24)15-6-3-4-7-16(15)22/h3-4,6-7,9,11,17H,5,8,10,12H2,1-2H3/t17-/m1/s1. The van der Waals surface area contributed by atoms with Crippen LogP contribution in [0.5, 0.6) is 0 Å². The van der Waals surface area contributed by atoms with Crippen LogP contribution in [0.4, 0.5) is 0 Å². The highest BCUT2D eigenvalue weighted by Gasteiger charge is 2.33. The van der Waals surface area contributed by atoms with E-state index < -0.39 is 0 Å². The van der Waals surface area contributed by atoms with E-state index in [2.05, 4.69) is 5.16 Å². The van der Waals surface area contributed by atoms with Crippen molar-refractivity contribution in [1.29, 1.82) is 0 Å². The van der Waals surface area contributed by atoms with Crippen LogP contribution in [0.15, 0.2) is 45.8 Å². The molecule has 6 nitrogen and oxygen atoms in total. The van der Waals surface area contributed by atoms with Gasteiger partial charge in [0.05, 0.1) is 17.3 Å². The lowest BCUT2D eigenvalue weighted by molar-refractivity contribution is -0.132. The number of hydrogen-bond acceptors (Lipinski definition) is 4. The van der Waals surface area contributed by atoms with Gasteiger partial charge in [0.1, 0.15) is 12.3 Å². The largest absolute Gasteiger partial charge is 0.361 e. The van der Waals surface area contributed by atoms with Crippen LogP contribution in [-0.2, 0) is 11.3 Å². The first-order valence-electron chi connectivity index (χ1n) is 8.86. The zero-order valence-corrected chi connectivity index (χ0v) is 14.9. The summed E-state index contributed by atoms with van der Waals surface area (Å²) >= 11 is 0. The summed E-state index contributed by atoms with van der Waals surface area (Å²) < 4.78 is 7.15. The third-order valence-electron chi connectivity index (χ3n) is 5.19. The van der Waals surface area contributed by atoms with Gasteiger partial charge in [-0.05, 0) is 38.8 Å². The summed E-state index contributed by atoms with van der Waals surface area (Å²) in [5, 5.41) is 4.67. The molecule has 0 bridgehead atoms. The van der Waals surface area contributed by atoms with Crippen molar-refractivity contribution in [2.75, 3.05) is 6.54 Å². The lowest BCUT2D eigenvalue weighted by atomic mass is 10.0. The number of aromatic nitrogens is 2. The minimum absolute atomic E-state index is 0.0133. The fraction of sp³-hybridized carbons (Fsp3) is 0.350. The van der Waals surface area contributed by atoms with Gasteiger partial charge in [0, 0.05) is 29.8 Å². The van der Waals surface area contributed by atoms with E-state index >= 15 is 0 Å². The fourth-order valence-electron chi connectivity index (χ4n) is 3.97. The van der Waals surface area contributed by atoms with E-state index in [0.717, 1.165) is 41.9 Å². The van der Waals surface area contributed by atoms with Crippen LogP contribution in [0, 0.1) is 13.8 Å². The number of pyridine rings is 1. The maximum Gasteiger partial charge on any atom is 0.243 e. The topological polar surface area (TPSA) is 68.3 Å². The number of carbonyl (C=O) groups excluding carboxylic acids is 1. The predicted molar refractivity (Wildman–Crippen MR) is 97.9 cm³/mol. The molecule has 1 aromatic carbocycles. The lowest BCUT2D eigenvalue weighted by Gasteiger charge is -2.25. The molecule has 2 aromatic heterocycles. The average Bonchev–Trinajstić information content (AvgIpc) is 3.24. The fourth-order valence-corrected chi connectivity index (χ4v) is 3.97. The van der Waals surface area contributed by atoms with Crippen LogP contribution in [0.1, 0.15) is 35.9 Å². The summed E-state index contributed by atoms with van der Waals surface area (Å²) in [5.74, 6) is 0.822. The van der Waals surface area contributed by atoms with Crippen LogP contribution >= 0.6 is 0 Å². The Hall–Kier alpha value is -2.89. The summed E-state index contributed by atoms with van der Waals surface area (Å²) in [6, 6.07) is 8.92. The van der Waals surface area contributed by atoms with Gasteiger partial charge in [-0.15, -0.1) is 0 Å². The Morgan fingerprint density at radius 1 is 1.27 bits per heavy atom. The molecule has 3 aromatic rings. The molecule has 26 heavy (non-hydrogen) atoms. The van der Waals surface area contributed by atoms with Gasteiger partial charge in [-0.3, -0.25) is 9.59 Å². The zero-order valence-electron chi connectivity index (χ0n) is 14.9. The zero-order chi connectivity index (χ0) is 18.3. The van der Waals surface area contributed by atoms with Gasteiger partial charge in [0.2, 0.25) is 5.91 Å². The van der Waals surface area contributed by atoms with Crippen molar-refractivity contribution in [3.8, 4) is 0 Å². The van der Waals surface area contributed by atoms with Gasteiger partial charge >= 0.3 is 0 Å². The van der Waals surface area contributed by atoms with Crippen molar-refractivity contribution >= 4 is 16.8 Å². The molecule has 1 fully saturated rings. The second-order valence-electron chi connectivity index (χ2n) is 6.81. The number of carbonyl (C=O) groups is 1. The highest BCUT2D eigenvalue weighted by Crippen LogP contribution is 2.35. The first kappa shape index (κ1) is 16.6. The normalized spacial score (nSPS) is 17.2. The molecule has 0 unspecified atom stereocenters. The molecule has 4 rings (SSSR count). The van der Waals surface area contributed by atoms with Crippen LogP contribution in [0.2, 0.25) is 0 Å². The molecule has 6 heteroatoms. The van der Waals surface area contributed by atoms with E-state index in [1.807, 2.05) is 41.5 Å². The number of rotatable bonds is 3. The third-order valence-corrected chi connectivity index (χ3v) is 5.19. The molecule has 1 aliphatic rings. The van der Waals surface area contributed by atoms with E-state index in [9.17, 15) is 9.59 Å². The number of hydrogen-bond donors (Lipinski definition) is 0. The first-order valence-corrected chi connectivity index (χ1v) is 8.86. The first-order chi connectivity index (χ1) is 12.6. The van der Waals surface area contributed by atoms with E-state index in [1.165, 1.54) is 6.07 Å². The molecular weight excluding hydrogens is 330 g/mol. The Kier molecular flexibility index (Phi) is 4.11. The molecule has 0 N–H and O–H groups in total. The molecular formula is C20H21N3O3. The van der Waals surface area contributed by atoms with Gasteiger partial charge in [-0.1, -0.05) is 17.3 Å². The summed E-state index contributed by atoms with van der Waals surface area (Å²) in [7, 11) is 0. The molecule has 0 spiro atoms. The molecule has 3 heterocycles. The highest BCUT2D eigenvalue weighted by atomic mass is 16.5. The van der Waals surface area contributed by atoms with E-state index in [1.54, 1.807) is 12.3 Å². The summed E-state index contributed by atoms with van der Waals surface area (Å²) in [6.45, 7) is 4.75. The van der Waals surface area contributed by atoms with Crippen molar-refractivity contribution in [2.45, 2.75) is 39.3 Å². The lowest BCUT2D eigenvalue weighted by Crippen LogP contribution is -2.34. The van der Waals surface area contributed by atoms with Gasteiger partial charge in [-0.2, -0.15) is 0 Å². The molecule has 134 valence electrons. The molecule has 0 saturated carbocycles. The SMILES string of the molecule is Cc1noc(C)c1[C@H]1CCCN1C(=O)Cn1ccc(=O)c2ccccc21. The number of benzene rings is 1. The number of nitrogens with zero attached hydrogens (tertiary/aromatic N) is 3. The van der Waals surface area contributed by atoms with Crippen molar-refractivity contribution in [3.63, 3.8) is 0 Å². The monoisotopic (exact) mass is 351 g/mol. The van der Waals surface area contributed by atoms with Crippen LogP contribution < -0.4 is 5.43 Å². The number of para-hydroxylation sites is 1. The second kappa shape index (κ2) is 6.44. The van der Waals surface area contributed by atoms with E-state index in [0.29, 0.717) is 5.39 Å². The highest BCUT2D eigenvalue weighted by molar-refractivity contribution is 5.82. The molecule has 1 atom stereocenters. The number of likely N-dealkylation sites (tertiary alicyclic amines) is 1. The average molecular weight is 351 g/mol. The van der Waals surface area contributed by atoms with Gasteiger partial charge in [-0.25, -0.2) is 0 Å². The van der Waals surface area contributed by atoms with Crippen LogP contribution in [0.3, 0.4) is 0 Å². The second-order valence-corrected chi connectivity index (χ2v) is 6.81. The Labute approximate surface area is 151 Å². The van der Waals surface area contributed by atoms with Gasteiger partial charge < -0.3 is 14.0 Å². The van der Waals surface area contributed by atoms with Crippen molar-refractivity contribution in [3.05, 3.63) is 63.8 Å². The summed E-state index contributed by atoms with van der Waals surface area (Å²) in [6.07, 6.45) is 3.58. The molecule has 0 radical (unpaired) electrons. The Balaban J connectivity index is 1.65.